The molecular weight excluding hydrogens is 530 g/mol. The Kier molecular flexibility index (Phi) is 6.47. The van der Waals surface area contributed by atoms with Gasteiger partial charge in [0.1, 0.15) is 16.7 Å². The van der Waals surface area contributed by atoms with Gasteiger partial charge in [0.2, 0.25) is 11.8 Å². The predicted molar refractivity (Wildman–Crippen MR) is 147 cm³/mol. The zero-order chi connectivity index (χ0) is 28.7. The highest BCUT2D eigenvalue weighted by Crippen LogP contribution is 2.49. The van der Waals surface area contributed by atoms with E-state index in [9.17, 15) is 19.1 Å². The van der Waals surface area contributed by atoms with Crippen molar-refractivity contribution in [2.24, 2.45) is 11.1 Å². The van der Waals surface area contributed by atoms with Gasteiger partial charge >= 0.3 is 0 Å². The van der Waals surface area contributed by atoms with Crippen molar-refractivity contribution >= 4 is 28.7 Å². The number of primary amides is 1. The van der Waals surface area contributed by atoms with Crippen LogP contribution in [0.15, 0.2) is 91.3 Å². The van der Waals surface area contributed by atoms with Crippen molar-refractivity contribution in [3.05, 3.63) is 108 Å². The highest BCUT2D eigenvalue weighted by Gasteiger charge is 2.57. The van der Waals surface area contributed by atoms with Gasteiger partial charge in [0.15, 0.2) is 17.3 Å². The molecule has 8 nitrogen and oxygen atoms in total. The van der Waals surface area contributed by atoms with E-state index in [1.807, 2.05) is 30.3 Å². The van der Waals surface area contributed by atoms with Crippen LogP contribution in [0.1, 0.15) is 18.4 Å². The minimum atomic E-state index is -1.39. The van der Waals surface area contributed by atoms with E-state index >= 15 is 4.39 Å². The fourth-order valence-corrected chi connectivity index (χ4v) is 4.88. The van der Waals surface area contributed by atoms with Gasteiger partial charge in [-0.05, 0) is 72.5 Å². The molecule has 6 rings (SSSR count). The third-order valence-electron chi connectivity index (χ3n) is 7.25. The SMILES string of the molecule is NC(=O)C1(C(=O)N(c2ccc(F)cc2)c2ccc(Oc3ccnn4ccc(-c5cccc(CO)c5)c34)c(F)c2)CC1. The molecule has 5 aromatic rings. The molecular formula is C31H24F2N4O4. The quantitative estimate of drug-likeness (QED) is 0.246. The Morgan fingerprint density at radius 1 is 0.976 bits per heavy atom. The number of nitrogens with two attached hydrogens (primary N) is 1. The summed E-state index contributed by atoms with van der Waals surface area (Å²) in [5.41, 5.74) is 7.46. The van der Waals surface area contributed by atoms with E-state index in [0.29, 0.717) is 11.3 Å². The molecule has 1 aliphatic rings. The Hall–Kier alpha value is -5.09. The molecule has 0 spiro atoms. The van der Waals surface area contributed by atoms with Crippen molar-refractivity contribution in [1.82, 2.24) is 9.61 Å². The molecule has 0 aliphatic heterocycles. The number of aliphatic hydroxyl groups excluding tert-OH is 1. The Labute approximate surface area is 233 Å². The van der Waals surface area contributed by atoms with Crippen molar-refractivity contribution in [2.75, 3.05) is 4.90 Å². The number of carbonyl (C=O) groups excluding carboxylic acids is 2. The van der Waals surface area contributed by atoms with E-state index in [-0.39, 0.29) is 36.6 Å². The van der Waals surface area contributed by atoms with Crippen molar-refractivity contribution in [3.63, 3.8) is 0 Å². The predicted octanol–water partition coefficient (Wildman–Crippen LogP) is 5.49. The summed E-state index contributed by atoms with van der Waals surface area (Å²) in [6.45, 7) is -0.114. The van der Waals surface area contributed by atoms with Crippen molar-refractivity contribution in [2.45, 2.75) is 19.4 Å². The molecule has 0 atom stereocenters. The van der Waals surface area contributed by atoms with Crippen LogP contribution in [0.4, 0.5) is 20.2 Å². The number of rotatable bonds is 8. The van der Waals surface area contributed by atoms with E-state index in [2.05, 4.69) is 5.10 Å². The van der Waals surface area contributed by atoms with Crippen LogP contribution in [0.2, 0.25) is 0 Å². The minimum absolute atomic E-state index is 0.111. The van der Waals surface area contributed by atoms with Crippen LogP contribution in [0, 0.1) is 17.0 Å². The van der Waals surface area contributed by atoms with Crippen LogP contribution in [0.25, 0.3) is 16.6 Å². The van der Waals surface area contributed by atoms with Gasteiger partial charge in [0.25, 0.3) is 0 Å². The maximum Gasteiger partial charge on any atom is 0.247 e. The Morgan fingerprint density at radius 3 is 2.41 bits per heavy atom. The zero-order valence-corrected chi connectivity index (χ0v) is 21.6. The molecule has 3 N–H and O–H groups in total. The Bertz CT molecular complexity index is 1800. The summed E-state index contributed by atoms with van der Waals surface area (Å²) < 4.78 is 36.9. The fraction of sp³-hybridized carbons (Fsp3) is 0.129. The maximum absolute atomic E-state index is 15.6. The molecule has 1 fully saturated rings. The summed E-state index contributed by atoms with van der Waals surface area (Å²) in [5.74, 6) is -2.42. The first-order valence-corrected chi connectivity index (χ1v) is 12.8. The van der Waals surface area contributed by atoms with Gasteiger partial charge in [-0.25, -0.2) is 13.3 Å². The topological polar surface area (TPSA) is 110 Å². The standard InChI is InChI=1S/C31H24F2N4O4/c32-21-4-6-22(7-5-21)37(30(40)31(12-13-31)29(34)39)23-8-9-26(25(33)17-23)41-27-10-14-35-36-15-11-24(28(27)36)20-3-1-2-19(16-20)18-38/h1-11,14-17,38H,12-13,18H2,(H2,34,39). The molecule has 2 amide bonds. The summed E-state index contributed by atoms with van der Waals surface area (Å²) in [7, 11) is 0. The molecule has 41 heavy (non-hydrogen) atoms. The molecule has 1 saturated carbocycles. The number of hydrogen-bond acceptors (Lipinski definition) is 5. The first-order chi connectivity index (χ1) is 19.8. The highest BCUT2D eigenvalue weighted by atomic mass is 19.1. The van der Waals surface area contributed by atoms with E-state index < -0.39 is 28.9 Å². The van der Waals surface area contributed by atoms with Gasteiger partial charge in [0, 0.05) is 29.6 Å². The van der Waals surface area contributed by atoms with Crippen LogP contribution < -0.4 is 15.4 Å². The second kappa shape index (κ2) is 10.1. The second-order valence-corrected chi connectivity index (χ2v) is 9.86. The number of fused-ring (bicyclic) bond motifs is 1. The van der Waals surface area contributed by atoms with E-state index in [4.69, 9.17) is 10.5 Å². The molecule has 0 radical (unpaired) electrons. The molecule has 0 unspecified atom stereocenters. The van der Waals surface area contributed by atoms with E-state index in [0.717, 1.165) is 22.8 Å². The lowest BCUT2D eigenvalue weighted by molar-refractivity contribution is -0.133. The first-order valence-electron chi connectivity index (χ1n) is 12.8. The molecule has 10 heteroatoms. The smallest absolute Gasteiger partial charge is 0.247 e. The van der Waals surface area contributed by atoms with E-state index in [1.165, 1.54) is 47.5 Å². The highest BCUT2D eigenvalue weighted by molar-refractivity contribution is 6.16. The average molecular weight is 555 g/mol. The molecule has 2 aromatic heterocycles. The first kappa shape index (κ1) is 26.1. The van der Waals surface area contributed by atoms with Crippen molar-refractivity contribution < 1.29 is 28.2 Å². The normalized spacial score (nSPS) is 13.6. The van der Waals surface area contributed by atoms with Crippen molar-refractivity contribution in [1.29, 1.82) is 0 Å². The lowest BCUT2D eigenvalue weighted by atomic mass is 10.0. The zero-order valence-electron chi connectivity index (χ0n) is 21.6. The number of ether oxygens (including phenoxy) is 1. The number of amides is 2. The minimum Gasteiger partial charge on any atom is -0.452 e. The third-order valence-corrected chi connectivity index (χ3v) is 7.25. The van der Waals surface area contributed by atoms with Gasteiger partial charge in [0.05, 0.1) is 18.5 Å². The molecule has 0 saturated heterocycles. The summed E-state index contributed by atoms with van der Waals surface area (Å²) in [6.07, 6.45) is 3.83. The van der Waals surface area contributed by atoms with Crippen LogP contribution in [-0.4, -0.2) is 26.5 Å². The number of aromatic nitrogens is 2. The number of halogens is 2. The molecule has 3 aromatic carbocycles. The second-order valence-electron chi connectivity index (χ2n) is 9.86. The number of benzene rings is 3. The van der Waals surface area contributed by atoms with Gasteiger partial charge in [-0.3, -0.25) is 14.5 Å². The van der Waals surface area contributed by atoms with Gasteiger partial charge in [-0.1, -0.05) is 18.2 Å². The molecule has 1 aliphatic carbocycles. The van der Waals surface area contributed by atoms with Crippen LogP contribution in [0.3, 0.4) is 0 Å². The lowest BCUT2D eigenvalue weighted by Gasteiger charge is -2.26. The summed E-state index contributed by atoms with van der Waals surface area (Å²) in [4.78, 5) is 26.8. The molecule has 0 bridgehead atoms. The number of nitrogens with zero attached hydrogens (tertiary/aromatic N) is 3. The monoisotopic (exact) mass is 554 g/mol. The summed E-state index contributed by atoms with van der Waals surface area (Å²) in [5, 5.41) is 13.9. The van der Waals surface area contributed by atoms with Crippen LogP contribution in [-0.2, 0) is 16.2 Å². The van der Waals surface area contributed by atoms with Crippen LogP contribution >= 0.6 is 0 Å². The number of aliphatic hydroxyl groups is 1. The maximum atomic E-state index is 15.6. The number of carbonyl (C=O) groups is 2. The summed E-state index contributed by atoms with van der Waals surface area (Å²) in [6, 6.07) is 19.9. The van der Waals surface area contributed by atoms with Gasteiger partial charge < -0.3 is 15.6 Å². The van der Waals surface area contributed by atoms with Crippen LogP contribution in [0.5, 0.6) is 11.5 Å². The lowest BCUT2D eigenvalue weighted by Crippen LogP contribution is -2.41. The fourth-order valence-electron chi connectivity index (χ4n) is 4.88. The Morgan fingerprint density at radius 2 is 1.73 bits per heavy atom. The van der Waals surface area contributed by atoms with E-state index in [1.54, 1.807) is 16.8 Å². The van der Waals surface area contributed by atoms with Gasteiger partial charge in [-0.15, -0.1) is 0 Å². The Balaban J connectivity index is 1.38. The number of anilines is 2. The average Bonchev–Trinajstić information content (AvgIpc) is 3.69. The van der Waals surface area contributed by atoms with Crippen molar-refractivity contribution in [3.8, 4) is 22.6 Å². The number of hydrogen-bond donors (Lipinski definition) is 2. The molecule has 2 heterocycles. The summed E-state index contributed by atoms with van der Waals surface area (Å²) >= 11 is 0. The largest absolute Gasteiger partial charge is 0.452 e. The molecule has 206 valence electrons. The van der Waals surface area contributed by atoms with Gasteiger partial charge in [-0.2, -0.15) is 5.10 Å². The third kappa shape index (κ3) is 4.68.